The van der Waals surface area contributed by atoms with Gasteiger partial charge in [-0.3, -0.25) is 9.69 Å². The molecule has 162 valence electrons. The van der Waals surface area contributed by atoms with Crippen LogP contribution in [0.1, 0.15) is 28.4 Å². The summed E-state index contributed by atoms with van der Waals surface area (Å²) >= 11 is 1.96. The van der Waals surface area contributed by atoms with Crippen LogP contribution in [0.3, 0.4) is 0 Å². The molecule has 1 fully saturated rings. The fourth-order valence-electron chi connectivity index (χ4n) is 3.29. The van der Waals surface area contributed by atoms with E-state index in [2.05, 4.69) is 14.9 Å². The molecule has 30 heavy (non-hydrogen) atoms. The summed E-state index contributed by atoms with van der Waals surface area (Å²) in [6.07, 6.45) is 0. The number of rotatable bonds is 7. The molecule has 1 amide bonds. The van der Waals surface area contributed by atoms with Crippen molar-refractivity contribution in [3.05, 3.63) is 58.9 Å². The Hall–Kier alpha value is -1.94. The van der Waals surface area contributed by atoms with E-state index in [4.69, 9.17) is 0 Å². The van der Waals surface area contributed by atoms with Gasteiger partial charge in [-0.1, -0.05) is 19.1 Å². The van der Waals surface area contributed by atoms with E-state index in [9.17, 15) is 17.6 Å². The molecule has 0 unspecified atom stereocenters. The Balaban J connectivity index is 1.75. The van der Waals surface area contributed by atoms with Gasteiger partial charge in [0.25, 0.3) is 5.91 Å². The number of carbonyl (C=O) groups excluding carboxylic acids is 1. The van der Waals surface area contributed by atoms with Crippen molar-refractivity contribution < 1.29 is 17.6 Å². The van der Waals surface area contributed by atoms with Crippen LogP contribution >= 0.6 is 11.8 Å². The number of benzene rings is 2. The molecule has 0 atom stereocenters. The lowest BCUT2D eigenvalue weighted by atomic mass is 10.1. The highest BCUT2D eigenvalue weighted by Crippen LogP contribution is 2.22. The first kappa shape index (κ1) is 22.7. The molecule has 2 aromatic rings. The second-order valence-electron chi connectivity index (χ2n) is 7.13. The van der Waals surface area contributed by atoms with Crippen molar-refractivity contribution in [3.8, 4) is 0 Å². The maximum atomic E-state index is 14.2. The van der Waals surface area contributed by atoms with Crippen molar-refractivity contribution in [2.45, 2.75) is 25.3 Å². The lowest BCUT2D eigenvalue weighted by Crippen LogP contribution is -2.31. The quantitative estimate of drug-likeness (QED) is 0.676. The number of nitrogens with zero attached hydrogens (tertiary/aromatic N) is 1. The van der Waals surface area contributed by atoms with Crippen LogP contribution in [0.5, 0.6) is 0 Å². The largest absolute Gasteiger partial charge is 0.322 e. The van der Waals surface area contributed by atoms with Crippen molar-refractivity contribution >= 4 is 33.4 Å². The minimum Gasteiger partial charge on any atom is -0.322 e. The van der Waals surface area contributed by atoms with E-state index in [0.717, 1.165) is 60.5 Å². The maximum Gasteiger partial charge on any atom is 0.258 e. The van der Waals surface area contributed by atoms with Crippen molar-refractivity contribution in [2.24, 2.45) is 0 Å². The molecular formula is C21H26FN3O3S2. The molecule has 0 spiro atoms. The topological polar surface area (TPSA) is 78.5 Å². The van der Waals surface area contributed by atoms with E-state index in [1.165, 1.54) is 0 Å². The van der Waals surface area contributed by atoms with Crippen LogP contribution in [0.2, 0.25) is 0 Å². The molecular weight excluding hydrogens is 425 g/mol. The third kappa shape index (κ3) is 5.60. The van der Waals surface area contributed by atoms with Crippen LogP contribution < -0.4 is 10.0 Å². The van der Waals surface area contributed by atoms with Gasteiger partial charge in [0.15, 0.2) is 0 Å². The van der Waals surface area contributed by atoms with E-state index >= 15 is 0 Å². The normalized spacial score (nSPS) is 15.2. The first-order valence-electron chi connectivity index (χ1n) is 9.80. The first-order valence-corrected chi connectivity index (χ1v) is 12.4. The number of thioether (sulfide) groups is 1. The Morgan fingerprint density at radius 3 is 2.57 bits per heavy atom. The lowest BCUT2D eigenvalue weighted by molar-refractivity contribution is 0.102. The minimum atomic E-state index is -3.79. The Morgan fingerprint density at radius 2 is 1.90 bits per heavy atom. The summed E-state index contributed by atoms with van der Waals surface area (Å²) in [7, 11) is -3.79. The van der Waals surface area contributed by atoms with Gasteiger partial charge in [0.1, 0.15) is 5.82 Å². The third-order valence-corrected chi connectivity index (χ3v) is 7.36. The van der Waals surface area contributed by atoms with E-state index < -0.39 is 21.7 Å². The fourth-order valence-corrected chi connectivity index (χ4v) is 5.34. The molecule has 0 aliphatic carbocycles. The Morgan fingerprint density at radius 1 is 1.17 bits per heavy atom. The average molecular weight is 452 g/mol. The second kappa shape index (κ2) is 9.91. The standard InChI is InChI=1S/C21H26FN3O3S2/c1-3-23-30(27,28)17-5-6-19(22)18(13-17)21(26)24-20-7-4-16(12-15(20)2)14-25-8-10-29-11-9-25/h4-7,12-13,23H,3,8-11,14H2,1-2H3,(H,24,26). The van der Waals surface area contributed by atoms with Crippen LogP contribution in [0, 0.1) is 12.7 Å². The molecule has 0 aromatic heterocycles. The van der Waals surface area contributed by atoms with Gasteiger partial charge in [-0.15, -0.1) is 0 Å². The van der Waals surface area contributed by atoms with Crippen LogP contribution in [-0.4, -0.2) is 50.4 Å². The summed E-state index contributed by atoms with van der Waals surface area (Å²) in [6.45, 7) is 6.71. The molecule has 0 saturated carbocycles. The molecule has 3 rings (SSSR count). The van der Waals surface area contributed by atoms with Gasteiger partial charge in [-0.2, -0.15) is 11.8 Å². The number of amides is 1. The van der Waals surface area contributed by atoms with Gasteiger partial charge < -0.3 is 5.32 Å². The summed E-state index contributed by atoms with van der Waals surface area (Å²) in [5.74, 6) is 0.813. The van der Waals surface area contributed by atoms with Gasteiger partial charge in [-0.25, -0.2) is 17.5 Å². The van der Waals surface area contributed by atoms with Gasteiger partial charge in [0.2, 0.25) is 10.0 Å². The van der Waals surface area contributed by atoms with Crippen LogP contribution in [0.4, 0.5) is 10.1 Å². The molecule has 0 radical (unpaired) electrons. The van der Waals surface area contributed by atoms with E-state index in [1.807, 2.05) is 30.8 Å². The molecule has 1 saturated heterocycles. The SMILES string of the molecule is CCNS(=O)(=O)c1ccc(F)c(C(=O)Nc2ccc(CN3CCSCC3)cc2C)c1. The Kier molecular flexibility index (Phi) is 7.51. The lowest BCUT2D eigenvalue weighted by Gasteiger charge is -2.26. The zero-order valence-corrected chi connectivity index (χ0v) is 18.7. The minimum absolute atomic E-state index is 0.150. The molecule has 2 aromatic carbocycles. The molecule has 1 aliphatic rings. The van der Waals surface area contributed by atoms with E-state index in [0.29, 0.717) is 5.69 Å². The Labute approximate surface area is 181 Å². The predicted octanol–water partition coefficient (Wildman–Crippen LogP) is 3.23. The highest BCUT2D eigenvalue weighted by molar-refractivity contribution is 7.99. The van der Waals surface area contributed by atoms with Crippen molar-refractivity contribution in [2.75, 3.05) is 36.5 Å². The average Bonchev–Trinajstić information content (AvgIpc) is 2.71. The monoisotopic (exact) mass is 451 g/mol. The van der Waals surface area contributed by atoms with Gasteiger partial charge in [0.05, 0.1) is 10.5 Å². The molecule has 1 heterocycles. The molecule has 2 N–H and O–H groups in total. The zero-order chi connectivity index (χ0) is 21.7. The molecule has 6 nitrogen and oxygen atoms in total. The highest BCUT2D eigenvalue weighted by atomic mass is 32.2. The number of carbonyl (C=O) groups is 1. The van der Waals surface area contributed by atoms with Crippen LogP contribution in [0.25, 0.3) is 0 Å². The van der Waals surface area contributed by atoms with Crippen LogP contribution in [-0.2, 0) is 16.6 Å². The first-order chi connectivity index (χ1) is 14.3. The number of hydrogen-bond acceptors (Lipinski definition) is 5. The predicted molar refractivity (Wildman–Crippen MR) is 119 cm³/mol. The Bertz CT molecular complexity index is 1020. The molecule has 0 bridgehead atoms. The number of hydrogen-bond donors (Lipinski definition) is 2. The number of halogens is 1. The van der Waals surface area contributed by atoms with Gasteiger partial charge in [-0.05, 0) is 42.3 Å². The van der Waals surface area contributed by atoms with Crippen molar-refractivity contribution in [1.82, 2.24) is 9.62 Å². The summed E-state index contributed by atoms with van der Waals surface area (Å²) in [6, 6.07) is 8.96. The number of nitrogens with one attached hydrogen (secondary N) is 2. The fraction of sp³-hybridized carbons (Fsp3) is 0.381. The van der Waals surface area contributed by atoms with Crippen molar-refractivity contribution in [3.63, 3.8) is 0 Å². The summed E-state index contributed by atoms with van der Waals surface area (Å²) in [5, 5.41) is 2.70. The summed E-state index contributed by atoms with van der Waals surface area (Å²) < 4.78 is 40.9. The maximum absolute atomic E-state index is 14.2. The van der Waals surface area contributed by atoms with Crippen molar-refractivity contribution in [1.29, 1.82) is 0 Å². The van der Waals surface area contributed by atoms with Gasteiger partial charge in [0, 0.05) is 43.4 Å². The number of aryl methyl sites for hydroxylation is 1. The smallest absolute Gasteiger partial charge is 0.258 e. The highest BCUT2D eigenvalue weighted by Gasteiger charge is 2.19. The van der Waals surface area contributed by atoms with E-state index in [1.54, 1.807) is 13.0 Å². The third-order valence-electron chi connectivity index (χ3n) is 4.88. The molecule has 9 heteroatoms. The summed E-state index contributed by atoms with van der Waals surface area (Å²) in [5.41, 5.74) is 2.27. The second-order valence-corrected chi connectivity index (χ2v) is 10.1. The summed E-state index contributed by atoms with van der Waals surface area (Å²) in [4.78, 5) is 14.9. The number of anilines is 1. The zero-order valence-electron chi connectivity index (χ0n) is 17.1. The number of sulfonamides is 1. The van der Waals surface area contributed by atoms with E-state index in [-0.39, 0.29) is 17.0 Å². The van der Waals surface area contributed by atoms with Gasteiger partial charge >= 0.3 is 0 Å². The molecule has 1 aliphatic heterocycles. The van der Waals surface area contributed by atoms with Crippen LogP contribution in [0.15, 0.2) is 41.3 Å².